The maximum atomic E-state index is 12.1. The summed E-state index contributed by atoms with van der Waals surface area (Å²) in [7, 11) is 0. The number of benzene rings is 1. The average Bonchev–Trinajstić information content (AvgIpc) is 2.40. The molecule has 0 bridgehead atoms. The van der Waals surface area contributed by atoms with Crippen LogP contribution in [0, 0.1) is 6.92 Å². The largest absolute Gasteiger partial charge is 0.460 e. The number of nitrogens with one attached hydrogen (secondary N) is 1. The van der Waals surface area contributed by atoms with Gasteiger partial charge in [0.25, 0.3) is 0 Å². The number of aryl methyl sites for hydroxylation is 1. The number of ether oxygens (including phenoxy) is 2. The van der Waals surface area contributed by atoms with Crippen LogP contribution in [0.4, 0.5) is 5.69 Å². The van der Waals surface area contributed by atoms with Gasteiger partial charge in [0.05, 0.1) is 5.56 Å². The summed E-state index contributed by atoms with van der Waals surface area (Å²) in [6.45, 7) is 11.0. The van der Waals surface area contributed by atoms with Crippen molar-refractivity contribution in [3.63, 3.8) is 0 Å². The Morgan fingerprint density at radius 2 is 2.00 bits per heavy atom. The molecule has 0 saturated carbocycles. The van der Waals surface area contributed by atoms with Crippen molar-refractivity contribution in [1.82, 2.24) is 0 Å². The van der Waals surface area contributed by atoms with Crippen LogP contribution in [0.5, 0.6) is 0 Å². The molecule has 1 rings (SSSR count). The second kappa shape index (κ2) is 7.64. The molecule has 22 heavy (non-hydrogen) atoms. The van der Waals surface area contributed by atoms with Crippen LogP contribution in [0.25, 0.3) is 0 Å². The first-order valence-corrected chi connectivity index (χ1v) is 7.07. The van der Waals surface area contributed by atoms with Gasteiger partial charge >= 0.3 is 11.9 Å². The number of anilines is 1. The normalized spacial score (nSPS) is 10.7. The van der Waals surface area contributed by atoms with Crippen molar-refractivity contribution in [2.75, 3.05) is 18.5 Å². The molecular weight excluding hydrogens is 282 g/mol. The van der Waals surface area contributed by atoms with Crippen LogP contribution >= 0.6 is 0 Å². The van der Waals surface area contributed by atoms with Crippen molar-refractivity contribution in [3.8, 4) is 0 Å². The zero-order valence-electron chi connectivity index (χ0n) is 13.6. The number of carbonyl (C=O) groups is 2. The van der Waals surface area contributed by atoms with Crippen molar-refractivity contribution in [3.05, 3.63) is 42.0 Å². The highest BCUT2D eigenvalue weighted by Crippen LogP contribution is 2.18. The van der Waals surface area contributed by atoms with E-state index in [4.69, 9.17) is 9.47 Å². The van der Waals surface area contributed by atoms with Crippen molar-refractivity contribution in [1.29, 1.82) is 0 Å². The molecule has 0 aliphatic carbocycles. The van der Waals surface area contributed by atoms with Gasteiger partial charge in [0, 0.05) is 5.69 Å². The summed E-state index contributed by atoms with van der Waals surface area (Å²) < 4.78 is 10.2. The Hall–Kier alpha value is -2.30. The molecule has 5 nitrogen and oxygen atoms in total. The molecule has 0 heterocycles. The lowest BCUT2D eigenvalue weighted by Gasteiger charge is -2.20. The van der Waals surface area contributed by atoms with Crippen LogP contribution in [0.3, 0.4) is 0 Å². The van der Waals surface area contributed by atoms with E-state index in [1.54, 1.807) is 18.2 Å². The third-order valence-electron chi connectivity index (χ3n) is 2.64. The predicted molar refractivity (Wildman–Crippen MR) is 86.0 cm³/mol. The second-order valence-electron chi connectivity index (χ2n) is 5.86. The zero-order chi connectivity index (χ0) is 16.8. The molecule has 120 valence electrons. The Morgan fingerprint density at radius 1 is 1.32 bits per heavy atom. The first kappa shape index (κ1) is 17.8. The first-order chi connectivity index (χ1) is 10.2. The molecule has 0 aromatic heterocycles. The molecular formula is C17H23NO4. The molecule has 5 heteroatoms. The van der Waals surface area contributed by atoms with E-state index < -0.39 is 5.60 Å². The third kappa shape index (κ3) is 5.99. The lowest BCUT2D eigenvalue weighted by molar-refractivity contribution is -0.140. The van der Waals surface area contributed by atoms with Crippen LogP contribution in [0.1, 0.15) is 36.7 Å². The molecule has 1 aromatic rings. The minimum atomic E-state index is -0.532. The Balaban J connectivity index is 2.67. The van der Waals surface area contributed by atoms with Gasteiger partial charge in [0.2, 0.25) is 0 Å². The molecule has 0 atom stereocenters. The SMILES string of the molecule is C=CCOC(=O)CNc1ccc(C(=O)OC(C)(C)C)c(C)c1. The van der Waals surface area contributed by atoms with E-state index in [2.05, 4.69) is 11.9 Å². The second-order valence-corrected chi connectivity index (χ2v) is 5.86. The highest BCUT2D eigenvalue weighted by molar-refractivity contribution is 5.92. The van der Waals surface area contributed by atoms with Gasteiger partial charge in [-0.05, 0) is 51.5 Å². The van der Waals surface area contributed by atoms with Gasteiger partial charge < -0.3 is 14.8 Å². The van der Waals surface area contributed by atoms with Crippen molar-refractivity contribution < 1.29 is 19.1 Å². The van der Waals surface area contributed by atoms with E-state index in [1.807, 2.05) is 27.7 Å². The van der Waals surface area contributed by atoms with Gasteiger partial charge in [-0.2, -0.15) is 0 Å². The number of rotatable bonds is 6. The van der Waals surface area contributed by atoms with Crippen LogP contribution in [0.15, 0.2) is 30.9 Å². The van der Waals surface area contributed by atoms with E-state index in [-0.39, 0.29) is 25.1 Å². The zero-order valence-corrected chi connectivity index (χ0v) is 13.6. The van der Waals surface area contributed by atoms with E-state index in [1.165, 1.54) is 6.08 Å². The molecule has 0 radical (unpaired) electrons. The molecule has 1 N–H and O–H groups in total. The number of esters is 2. The third-order valence-corrected chi connectivity index (χ3v) is 2.64. The Bertz CT molecular complexity index is 558. The number of hydrogen-bond donors (Lipinski definition) is 1. The average molecular weight is 305 g/mol. The molecule has 0 spiro atoms. The van der Waals surface area contributed by atoms with Gasteiger partial charge in [-0.1, -0.05) is 12.7 Å². The molecule has 0 aliphatic rings. The maximum Gasteiger partial charge on any atom is 0.338 e. The van der Waals surface area contributed by atoms with Gasteiger partial charge in [-0.15, -0.1) is 0 Å². The highest BCUT2D eigenvalue weighted by atomic mass is 16.6. The Kier molecular flexibility index (Phi) is 6.16. The summed E-state index contributed by atoms with van der Waals surface area (Å²) in [5.74, 6) is -0.726. The minimum absolute atomic E-state index is 0.0546. The van der Waals surface area contributed by atoms with Crippen LogP contribution in [0.2, 0.25) is 0 Å². The summed E-state index contributed by atoms with van der Waals surface area (Å²) in [4.78, 5) is 23.4. The van der Waals surface area contributed by atoms with E-state index in [0.29, 0.717) is 5.56 Å². The van der Waals surface area contributed by atoms with Crippen molar-refractivity contribution in [2.45, 2.75) is 33.3 Å². The highest BCUT2D eigenvalue weighted by Gasteiger charge is 2.19. The Morgan fingerprint density at radius 3 is 2.55 bits per heavy atom. The molecule has 1 aromatic carbocycles. The number of carbonyl (C=O) groups excluding carboxylic acids is 2. The maximum absolute atomic E-state index is 12.1. The topological polar surface area (TPSA) is 64.6 Å². The minimum Gasteiger partial charge on any atom is -0.460 e. The summed E-state index contributed by atoms with van der Waals surface area (Å²) in [6.07, 6.45) is 1.51. The van der Waals surface area contributed by atoms with E-state index >= 15 is 0 Å². The molecule has 0 unspecified atom stereocenters. The van der Waals surface area contributed by atoms with Gasteiger partial charge in [0.15, 0.2) is 0 Å². The van der Waals surface area contributed by atoms with Gasteiger partial charge in [-0.3, -0.25) is 4.79 Å². The molecule has 0 fully saturated rings. The Labute approximate surface area is 131 Å². The van der Waals surface area contributed by atoms with Gasteiger partial charge in [0.1, 0.15) is 18.8 Å². The summed E-state index contributed by atoms with van der Waals surface area (Å²) in [6, 6.07) is 5.20. The van der Waals surface area contributed by atoms with E-state index in [9.17, 15) is 9.59 Å². The van der Waals surface area contributed by atoms with Crippen molar-refractivity contribution in [2.24, 2.45) is 0 Å². The van der Waals surface area contributed by atoms with Crippen LogP contribution < -0.4 is 5.32 Å². The quantitative estimate of drug-likeness (QED) is 0.646. The van der Waals surface area contributed by atoms with Crippen LogP contribution in [-0.4, -0.2) is 30.7 Å². The fourth-order valence-electron chi connectivity index (χ4n) is 1.71. The lowest BCUT2D eigenvalue weighted by Crippen LogP contribution is -2.24. The summed E-state index contributed by atoms with van der Waals surface area (Å²) in [5.41, 5.74) is 1.49. The van der Waals surface area contributed by atoms with Crippen LogP contribution in [-0.2, 0) is 14.3 Å². The summed E-state index contributed by atoms with van der Waals surface area (Å²) >= 11 is 0. The van der Waals surface area contributed by atoms with Gasteiger partial charge in [-0.25, -0.2) is 4.79 Å². The fraction of sp³-hybridized carbons (Fsp3) is 0.412. The molecule has 0 amide bonds. The first-order valence-electron chi connectivity index (χ1n) is 7.07. The van der Waals surface area contributed by atoms with Crippen molar-refractivity contribution >= 4 is 17.6 Å². The molecule has 0 saturated heterocycles. The lowest BCUT2D eigenvalue weighted by atomic mass is 10.1. The fourth-order valence-corrected chi connectivity index (χ4v) is 1.71. The van der Waals surface area contributed by atoms with E-state index in [0.717, 1.165) is 11.3 Å². The standard InChI is InChI=1S/C17H23NO4/c1-6-9-21-15(19)11-18-13-7-8-14(12(2)10-13)16(20)22-17(3,4)5/h6-8,10,18H,1,9,11H2,2-5H3. The molecule has 0 aliphatic heterocycles. The summed E-state index contributed by atoms with van der Waals surface area (Å²) in [5, 5.41) is 2.95. The monoisotopic (exact) mass is 305 g/mol. The smallest absolute Gasteiger partial charge is 0.338 e. The predicted octanol–water partition coefficient (Wildman–Crippen LogP) is 3.09. The number of hydrogen-bond acceptors (Lipinski definition) is 5.